The zero-order valence-corrected chi connectivity index (χ0v) is 21.3. The van der Waals surface area contributed by atoms with E-state index in [0.29, 0.717) is 37.9 Å². The number of nitrogens with zero attached hydrogens (tertiary/aromatic N) is 4. The third-order valence-corrected chi connectivity index (χ3v) is 9.21. The van der Waals surface area contributed by atoms with Crippen molar-refractivity contribution in [2.24, 2.45) is 0 Å². The first-order chi connectivity index (χ1) is 18.0. The van der Waals surface area contributed by atoms with Crippen molar-refractivity contribution >= 4 is 38.9 Å². The van der Waals surface area contributed by atoms with Gasteiger partial charge in [-0.05, 0) is 49.2 Å². The lowest BCUT2D eigenvalue weighted by Gasteiger charge is -2.31. The van der Waals surface area contributed by atoms with Crippen molar-refractivity contribution in [3.8, 4) is 0 Å². The van der Waals surface area contributed by atoms with Gasteiger partial charge in [-0.25, -0.2) is 13.4 Å². The highest BCUT2D eigenvalue weighted by molar-refractivity contribution is 7.89. The third kappa shape index (κ3) is 4.60. The van der Waals surface area contributed by atoms with Gasteiger partial charge in [-0.1, -0.05) is 25.0 Å². The smallest absolute Gasteiger partial charge is 0.243 e. The Bertz CT molecular complexity index is 1410. The van der Waals surface area contributed by atoms with Crippen molar-refractivity contribution in [2.45, 2.75) is 43.0 Å². The highest BCUT2D eigenvalue weighted by Gasteiger charge is 2.33. The molecular weight excluding hydrogens is 490 g/mol. The van der Waals surface area contributed by atoms with Crippen LogP contribution in [0, 0.1) is 0 Å². The van der Waals surface area contributed by atoms with Crippen LogP contribution in [0.25, 0.3) is 0 Å². The van der Waals surface area contributed by atoms with Crippen molar-refractivity contribution < 1.29 is 17.9 Å². The Morgan fingerprint density at radius 2 is 1.70 bits per heavy atom. The van der Waals surface area contributed by atoms with Gasteiger partial charge in [-0.15, -0.1) is 0 Å². The van der Waals surface area contributed by atoms with Gasteiger partial charge in [0.1, 0.15) is 5.82 Å². The number of sulfonamides is 1. The number of para-hydroxylation sites is 1. The molecule has 3 aromatic rings. The van der Waals surface area contributed by atoms with Crippen LogP contribution in [0.5, 0.6) is 0 Å². The molecule has 6 rings (SSSR count). The van der Waals surface area contributed by atoms with E-state index in [0.717, 1.165) is 48.3 Å². The van der Waals surface area contributed by atoms with Gasteiger partial charge in [-0.3, -0.25) is 4.79 Å². The first-order valence-electron chi connectivity index (χ1n) is 12.7. The molecule has 192 valence electrons. The van der Waals surface area contributed by atoms with Crippen LogP contribution in [0.4, 0.5) is 23.1 Å². The second kappa shape index (κ2) is 9.85. The third-order valence-electron chi connectivity index (χ3n) is 7.29. The molecule has 37 heavy (non-hydrogen) atoms. The Balaban J connectivity index is 1.30. The fourth-order valence-corrected chi connectivity index (χ4v) is 6.81. The van der Waals surface area contributed by atoms with Crippen molar-refractivity contribution in [1.29, 1.82) is 0 Å². The normalized spacial score (nSPS) is 18.8. The molecule has 0 amide bonds. The van der Waals surface area contributed by atoms with E-state index in [1.54, 1.807) is 30.5 Å². The predicted molar refractivity (Wildman–Crippen MR) is 140 cm³/mol. The quantitative estimate of drug-likeness (QED) is 0.538. The van der Waals surface area contributed by atoms with Gasteiger partial charge in [-0.2, -0.15) is 9.29 Å². The SMILES string of the molecule is O=C1Cc2cnc(Nc3ccc(S(=O)(=O)N4CCOCC4)cc3)nc2N(C2CCCC2)c2ccccc21. The van der Waals surface area contributed by atoms with Gasteiger partial charge < -0.3 is 15.0 Å². The number of nitrogens with one attached hydrogen (secondary N) is 1. The highest BCUT2D eigenvalue weighted by Crippen LogP contribution is 2.40. The van der Waals surface area contributed by atoms with Crippen molar-refractivity contribution in [3.05, 3.63) is 65.9 Å². The Morgan fingerprint density at radius 1 is 0.973 bits per heavy atom. The van der Waals surface area contributed by atoms with Crippen LogP contribution in [-0.4, -0.2) is 60.8 Å². The summed E-state index contributed by atoms with van der Waals surface area (Å²) < 4.78 is 32.6. The van der Waals surface area contributed by atoms with Crippen molar-refractivity contribution in [3.63, 3.8) is 0 Å². The van der Waals surface area contributed by atoms with Gasteiger partial charge in [0.05, 0.1) is 23.8 Å². The second-order valence-electron chi connectivity index (χ2n) is 9.63. The van der Waals surface area contributed by atoms with Crippen LogP contribution in [0.15, 0.2) is 59.6 Å². The number of fused-ring (bicyclic) bond motifs is 2. The fraction of sp³-hybridized carbons (Fsp3) is 0.370. The molecule has 1 aliphatic carbocycles. The Labute approximate surface area is 216 Å². The molecule has 0 atom stereocenters. The lowest BCUT2D eigenvalue weighted by Crippen LogP contribution is -2.40. The molecule has 3 heterocycles. The predicted octanol–water partition coefficient (Wildman–Crippen LogP) is 4.06. The number of Topliss-reactive ketones (excluding diaryl/α,β-unsaturated/α-hetero) is 1. The van der Waals surface area contributed by atoms with Gasteiger partial charge in [0.15, 0.2) is 5.78 Å². The standard InChI is InChI=1S/C27H29N5O4S/c33-25-17-19-18-28-27(29-20-9-11-22(12-10-20)37(34,35)31-13-15-36-16-14-31)30-26(19)32(21-5-1-2-6-21)24-8-4-3-7-23(24)25/h3-4,7-12,18,21H,1-2,5-6,13-17H2,(H,28,29,30). The monoisotopic (exact) mass is 519 g/mol. The van der Waals surface area contributed by atoms with Crippen LogP contribution in [0.1, 0.15) is 41.6 Å². The number of morpholine rings is 1. The summed E-state index contributed by atoms with van der Waals surface area (Å²) in [5, 5.41) is 3.22. The largest absolute Gasteiger partial charge is 0.379 e. The van der Waals surface area contributed by atoms with Crippen molar-refractivity contribution in [2.75, 3.05) is 36.5 Å². The van der Waals surface area contributed by atoms with Gasteiger partial charge >= 0.3 is 0 Å². The van der Waals surface area contributed by atoms with E-state index in [9.17, 15) is 13.2 Å². The number of anilines is 4. The van der Waals surface area contributed by atoms with Crippen LogP contribution >= 0.6 is 0 Å². The number of rotatable bonds is 5. The van der Waals surface area contributed by atoms with Crippen LogP contribution in [-0.2, 0) is 21.2 Å². The lowest BCUT2D eigenvalue weighted by atomic mass is 10.0. The van der Waals surface area contributed by atoms with E-state index >= 15 is 0 Å². The molecule has 2 aromatic carbocycles. The molecule has 0 unspecified atom stereocenters. The minimum absolute atomic E-state index is 0.0683. The van der Waals surface area contributed by atoms with E-state index in [-0.39, 0.29) is 23.1 Å². The fourth-order valence-electron chi connectivity index (χ4n) is 5.40. The second-order valence-corrected chi connectivity index (χ2v) is 11.6. The first-order valence-corrected chi connectivity index (χ1v) is 14.2. The summed E-state index contributed by atoms with van der Waals surface area (Å²) in [6, 6.07) is 14.7. The van der Waals surface area contributed by atoms with Crippen LogP contribution < -0.4 is 10.2 Å². The molecule has 0 bridgehead atoms. The van der Waals surface area contributed by atoms with Crippen LogP contribution in [0.3, 0.4) is 0 Å². The molecule has 1 aromatic heterocycles. The highest BCUT2D eigenvalue weighted by atomic mass is 32.2. The van der Waals surface area contributed by atoms with Crippen molar-refractivity contribution in [1.82, 2.24) is 14.3 Å². The number of aromatic nitrogens is 2. The van der Waals surface area contributed by atoms with E-state index in [1.165, 1.54) is 4.31 Å². The molecule has 1 saturated heterocycles. The summed E-state index contributed by atoms with van der Waals surface area (Å²) in [5.41, 5.74) is 3.11. The zero-order chi connectivity index (χ0) is 25.4. The molecule has 9 nitrogen and oxygen atoms in total. The van der Waals surface area contributed by atoms with E-state index in [2.05, 4.69) is 15.2 Å². The minimum atomic E-state index is -3.56. The molecule has 1 N–H and O–H groups in total. The van der Waals surface area contributed by atoms with E-state index in [1.807, 2.05) is 24.3 Å². The van der Waals surface area contributed by atoms with Gasteiger partial charge in [0, 0.05) is 48.6 Å². The number of hydrogen-bond acceptors (Lipinski definition) is 8. The molecule has 2 aliphatic heterocycles. The van der Waals surface area contributed by atoms with Gasteiger partial charge in [0.25, 0.3) is 0 Å². The Hall–Kier alpha value is -3.34. The topological polar surface area (TPSA) is 105 Å². The summed E-state index contributed by atoms with van der Waals surface area (Å²) in [6.07, 6.45) is 6.39. The Morgan fingerprint density at radius 3 is 2.46 bits per heavy atom. The maximum Gasteiger partial charge on any atom is 0.243 e. The lowest BCUT2D eigenvalue weighted by molar-refractivity contribution is 0.0730. The molecular formula is C27H29N5O4S. The Kier molecular flexibility index (Phi) is 6.39. The molecule has 0 radical (unpaired) electrons. The minimum Gasteiger partial charge on any atom is -0.379 e. The molecule has 1 saturated carbocycles. The number of benzene rings is 2. The van der Waals surface area contributed by atoms with Gasteiger partial charge in [0.2, 0.25) is 16.0 Å². The first kappa shape index (κ1) is 24.0. The maximum atomic E-state index is 13.1. The zero-order valence-electron chi connectivity index (χ0n) is 20.5. The number of carbonyl (C=O) groups is 1. The molecule has 2 fully saturated rings. The number of ketones is 1. The maximum absolute atomic E-state index is 13.1. The molecule has 10 heteroatoms. The summed E-state index contributed by atoms with van der Waals surface area (Å²) in [5.74, 6) is 1.23. The average Bonchev–Trinajstić information content (AvgIpc) is 3.42. The average molecular weight is 520 g/mol. The summed E-state index contributed by atoms with van der Waals surface area (Å²) in [7, 11) is -3.56. The molecule has 3 aliphatic rings. The number of hydrogen-bond donors (Lipinski definition) is 1. The number of carbonyl (C=O) groups excluding carboxylic acids is 1. The van der Waals surface area contributed by atoms with Crippen LogP contribution in [0.2, 0.25) is 0 Å². The summed E-state index contributed by atoms with van der Waals surface area (Å²) >= 11 is 0. The molecule has 0 spiro atoms. The summed E-state index contributed by atoms with van der Waals surface area (Å²) in [6.45, 7) is 1.52. The summed E-state index contributed by atoms with van der Waals surface area (Å²) in [4.78, 5) is 24.9. The van der Waals surface area contributed by atoms with E-state index < -0.39 is 10.0 Å². The number of ether oxygens (including phenoxy) is 1. The van der Waals surface area contributed by atoms with E-state index in [4.69, 9.17) is 9.72 Å².